The second-order valence-electron chi connectivity index (χ2n) is 6.28. The third-order valence-corrected chi connectivity index (χ3v) is 3.41. The van der Waals surface area contributed by atoms with Gasteiger partial charge in [-0.1, -0.05) is 6.92 Å². The highest BCUT2D eigenvalue weighted by Crippen LogP contribution is 2.33. The minimum atomic E-state index is -0.557. The van der Waals surface area contributed by atoms with Crippen LogP contribution in [0.1, 0.15) is 60.3 Å². The van der Waals surface area contributed by atoms with Crippen molar-refractivity contribution in [3.05, 3.63) is 0 Å². The number of likely N-dealkylation sites (N-methyl/N-ethyl adjacent to an activating group) is 1. The molecular weight excluding hydrogens is 242 g/mol. The number of carbonyl (C=O) groups excluding carboxylic acids is 1. The maximum absolute atomic E-state index is 12.3. The fourth-order valence-corrected chi connectivity index (χ4v) is 2.85. The number of esters is 1. The summed E-state index contributed by atoms with van der Waals surface area (Å²) >= 11 is 0. The van der Waals surface area contributed by atoms with Crippen LogP contribution in [0.5, 0.6) is 0 Å². The van der Waals surface area contributed by atoms with E-state index in [2.05, 4.69) is 26.1 Å². The van der Waals surface area contributed by atoms with E-state index in [0.29, 0.717) is 13.0 Å². The van der Waals surface area contributed by atoms with Crippen LogP contribution in [-0.4, -0.2) is 36.4 Å². The SMILES string of the molecule is CCNC1(C(=O)OCC)CCCC(OC(C)(C)C)C1. The molecule has 2 atom stereocenters. The number of rotatable bonds is 5. The Morgan fingerprint density at radius 2 is 2.05 bits per heavy atom. The molecule has 0 aliphatic heterocycles. The molecule has 112 valence electrons. The summed E-state index contributed by atoms with van der Waals surface area (Å²) < 4.78 is 11.3. The zero-order chi connectivity index (χ0) is 14.5. The van der Waals surface area contributed by atoms with E-state index in [4.69, 9.17) is 9.47 Å². The van der Waals surface area contributed by atoms with Crippen molar-refractivity contribution in [2.45, 2.75) is 77.5 Å². The number of nitrogens with one attached hydrogen (secondary N) is 1. The van der Waals surface area contributed by atoms with E-state index < -0.39 is 5.54 Å². The van der Waals surface area contributed by atoms with Crippen molar-refractivity contribution >= 4 is 5.97 Å². The summed E-state index contributed by atoms with van der Waals surface area (Å²) in [7, 11) is 0. The molecule has 0 amide bonds. The standard InChI is InChI=1S/C15H29NO3/c1-6-16-15(13(17)18-7-2)10-8-9-12(11-15)19-14(3,4)5/h12,16H,6-11H2,1-5H3. The highest BCUT2D eigenvalue weighted by molar-refractivity contribution is 5.81. The van der Waals surface area contributed by atoms with E-state index in [1.165, 1.54) is 0 Å². The highest BCUT2D eigenvalue weighted by atomic mass is 16.5. The van der Waals surface area contributed by atoms with Crippen LogP contribution < -0.4 is 5.32 Å². The molecule has 1 aliphatic rings. The van der Waals surface area contributed by atoms with Crippen molar-refractivity contribution in [3.63, 3.8) is 0 Å². The summed E-state index contributed by atoms with van der Waals surface area (Å²) in [6.07, 6.45) is 3.67. The second-order valence-corrected chi connectivity index (χ2v) is 6.28. The molecule has 0 aromatic carbocycles. The van der Waals surface area contributed by atoms with Crippen LogP contribution in [0.3, 0.4) is 0 Å². The Kier molecular flexibility index (Phi) is 5.81. The van der Waals surface area contributed by atoms with Crippen LogP contribution in [0, 0.1) is 0 Å². The third-order valence-electron chi connectivity index (χ3n) is 3.41. The molecule has 0 saturated heterocycles. The van der Waals surface area contributed by atoms with Crippen molar-refractivity contribution in [2.24, 2.45) is 0 Å². The Morgan fingerprint density at radius 1 is 1.37 bits per heavy atom. The van der Waals surface area contributed by atoms with Crippen LogP contribution in [0.4, 0.5) is 0 Å². The average Bonchev–Trinajstić information content (AvgIpc) is 2.27. The molecule has 1 aliphatic carbocycles. The first-order valence-corrected chi connectivity index (χ1v) is 7.43. The minimum absolute atomic E-state index is 0.122. The number of hydrogen-bond donors (Lipinski definition) is 1. The fourth-order valence-electron chi connectivity index (χ4n) is 2.85. The summed E-state index contributed by atoms with van der Waals surface area (Å²) in [4.78, 5) is 12.3. The van der Waals surface area contributed by atoms with E-state index >= 15 is 0 Å². The summed E-state index contributed by atoms with van der Waals surface area (Å²) in [5.41, 5.74) is -0.729. The molecule has 1 fully saturated rings. The van der Waals surface area contributed by atoms with Gasteiger partial charge in [0.2, 0.25) is 0 Å². The molecule has 1 N–H and O–H groups in total. The van der Waals surface area contributed by atoms with Crippen LogP contribution in [0.25, 0.3) is 0 Å². The Hall–Kier alpha value is -0.610. The van der Waals surface area contributed by atoms with E-state index in [9.17, 15) is 4.79 Å². The molecule has 4 heteroatoms. The lowest BCUT2D eigenvalue weighted by atomic mass is 9.79. The van der Waals surface area contributed by atoms with Crippen LogP contribution in [-0.2, 0) is 14.3 Å². The van der Waals surface area contributed by atoms with Crippen molar-refractivity contribution in [1.82, 2.24) is 5.32 Å². The Bertz CT molecular complexity index is 294. The first-order chi connectivity index (χ1) is 8.83. The van der Waals surface area contributed by atoms with Gasteiger partial charge >= 0.3 is 5.97 Å². The zero-order valence-electron chi connectivity index (χ0n) is 13.0. The maximum Gasteiger partial charge on any atom is 0.326 e. The third kappa shape index (κ3) is 4.77. The summed E-state index contributed by atoms with van der Waals surface area (Å²) in [5, 5.41) is 3.34. The molecule has 19 heavy (non-hydrogen) atoms. The van der Waals surface area contributed by atoms with E-state index in [-0.39, 0.29) is 17.7 Å². The van der Waals surface area contributed by atoms with Gasteiger partial charge in [-0.2, -0.15) is 0 Å². The van der Waals surface area contributed by atoms with Crippen LogP contribution >= 0.6 is 0 Å². The summed E-state index contributed by atoms with van der Waals surface area (Å²) in [5.74, 6) is -0.126. The first kappa shape index (κ1) is 16.4. The number of hydrogen-bond acceptors (Lipinski definition) is 4. The molecule has 0 radical (unpaired) electrons. The zero-order valence-corrected chi connectivity index (χ0v) is 13.0. The lowest BCUT2D eigenvalue weighted by Crippen LogP contribution is -2.57. The maximum atomic E-state index is 12.3. The van der Waals surface area contributed by atoms with Gasteiger partial charge in [0.1, 0.15) is 5.54 Å². The average molecular weight is 271 g/mol. The van der Waals surface area contributed by atoms with E-state index in [1.807, 2.05) is 13.8 Å². The van der Waals surface area contributed by atoms with Gasteiger partial charge in [0, 0.05) is 6.42 Å². The van der Waals surface area contributed by atoms with E-state index in [0.717, 1.165) is 25.8 Å². The normalized spacial score (nSPS) is 28.2. The van der Waals surface area contributed by atoms with Gasteiger partial charge in [-0.05, 0) is 53.5 Å². The monoisotopic (exact) mass is 271 g/mol. The molecule has 0 spiro atoms. The van der Waals surface area contributed by atoms with Gasteiger partial charge in [0.25, 0.3) is 0 Å². The van der Waals surface area contributed by atoms with Crippen LogP contribution in [0.15, 0.2) is 0 Å². The van der Waals surface area contributed by atoms with Crippen molar-refractivity contribution in [1.29, 1.82) is 0 Å². The Labute approximate surface area is 117 Å². The molecular formula is C15H29NO3. The molecule has 1 rings (SSSR count). The molecule has 1 saturated carbocycles. The topological polar surface area (TPSA) is 47.6 Å². The fraction of sp³-hybridized carbons (Fsp3) is 0.933. The van der Waals surface area contributed by atoms with Gasteiger partial charge in [-0.25, -0.2) is 0 Å². The van der Waals surface area contributed by atoms with E-state index in [1.54, 1.807) is 0 Å². The molecule has 4 nitrogen and oxygen atoms in total. The largest absolute Gasteiger partial charge is 0.465 e. The molecule has 2 unspecified atom stereocenters. The van der Waals surface area contributed by atoms with Gasteiger partial charge in [-0.3, -0.25) is 4.79 Å². The molecule has 0 aromatic heterocycles. The second kappa shape index (κ2) is 6.71. The lowest BCUT2D eigenvalue weighted by molar-refractivity contribution is -0.158. The van der Waals surface area contributed by atoms with Gasteiger partial charge in [0.15, 0.2) is 0 Å². The molecule has 0 heterocycles. The number of carbonyl (C=O) groups is 1. The number of ether oxygens (including phenoxy) is 2. The van der Waals surface area contributed by atoms with Crippen molar-refractivity contribution in [2.75, 3.05) is 13.2 Å². The van der Waals surface area contributed by atoms with Crippen molar-refractivity contribution in [3.8, 4) is 0 Å². The van der Waals surface area contributed by atoms with Crippen molar-refractivity contribution < 1.29 is 14.3 Å². The Balaban J connectivity index is 2.77. The predicted molar refractivity (Wildman–Crippen MR) is 76.1 cm³/mol. The van der Waals surface area contributed by atoms with Gasteiger partial charge < -0.3 is 14.8 Å². The Morgan fingerprint density at radius 3 is 2.58 bits per heavy atom. The quantitative estimate of drug-likeness (QED) is 0.781. The van der Waals surface area contributed by atoms with Gasteiger partial charge in [-0.15, -0.1) is 0 Å². The molecule has 0 bridgehead atoms. The first-order valence-electron chi connectivity index (χ1n) is 7.43. The minimum Gasteiger partial charge on any atom is -0.465 e. The molecule has 0 aromatic rings. The smallest absolute Gasteiger partial charge is 0.326 e. The van der Waals surface area contributed by atoms with Gasteiger partial charge in [0.05, 0.1) is 18.3 Å². The summed E-state index contributed by atoms with van der Waals surface area (Å²) in [6.45, 7) is 11.2. The highest BCUT2D eigenvalue weighted by Gasteiger charge is 2.44. The summed E-state index contributed by atoms with van der Waals surface area (Å²) in [6, 6.07) is 0. The lowest BCUT2D eigenvalue weighted by Gasteiger charge is -2.41. The van der Waals surface area contributed by atoms with Crippen LogP contribution in [0.2, 0.25) is 0 Å². The predicted octanol–water partition coefficient (Wildman–Crippen LogP) is 2.66.